The maximum atomic E-state index is 12.8. The number of nitrogens with one attached hydrogen (secondary N) is 2. The van der Waals surface area contributed by atoms with Crippen molar-refractivity contribution >= 4 is 16.0 Å². The summed E-state index contributed by atoms with van der Waals surface area (Å²) in [5, 5.41) is 6.57. The summed E-state index contributed by atoms with van der Waals surface area (Å²) in [6, 6.07) is 15.1. The molecule has 0 amide bonds. The zero-order chi connectivity index (χ0) is 22.1. The van der Waals surface area contributed by atoms with Crippen molar-refractivity contribution in [2.24, 2.45) is 4.99 Å². The van der Waals surface area contributed by atoms with Gasteiger partial charge in [-0.15, -0.1) is 0 Å². The van der Waals surface area contributed by atoms with Crippen LogP contribution in [0, 0.1) is 0 Å². The monoisotopic (exact) mass is 444 g/mol. The first kappa shape index (κ1) is 23.1. The van der Waals surface area contributed by atoms with Gasteiger partial charge in [-0.2, -0.15) is 4.31 Å². The summed E-state index contributed by atoms with van der Waals surface area (Å²) in [5.74, 6) is 1.58. The lowest BCUT2D eigenvalue weighted by atomic mass is 10.1. The van der Waals surface area contributed by atoms with E-state index in [9.17, 15) is 8.42 Å². The molecule has 3 rings (SSSR count). The van der Waals surface area contributed by atoms with Gasteiger partial charge in [0.15, 0.2) is 5.96 Å². The molecule has 1 aliphatic heterocycles. The van der Waals surface area contributed by atoms with Gasteiger partial charge in [-0.1, -0.05) is 36.8 Å². The van der Waals surface area contributed by atoms with E-state index in [-0.39, 0.29) is 0 Å². The second-order valence-corrected chi connectivity index (χ2v) is 9.46. The zero-order valence-electron chi connectivity index (χ0n) is 18.3. The largest absolute Gasteiger partial charge is 0.496 e. The van der Waals surface area contributed by atoms with Gasteiger partial charge in [-0.3, -0.25) is 4.99 Å². The Hall–Kier alpha value is -2.58. The first-order valence-electron chi connectivity index (χ1n) is 10.7. The molecule has 0 radical (unpaired) electrons. The van der Waals surface area contributed by atoms with Gasteiger partial charge < -0.3 is 15.4 Å². The minimum Gasteiger partial charge on any atom is -0.496 e. The molecule has 1 heterocycles. The number of hydrogen-bond donors (Lipinski definition) is 2. The van der Waals surface area contributed by atoms with Crippen molar-refractivity contribution in [3.8, 4) is 5.75 Å². The van der Waals surface area contributed by atoms with Crippen molar-refractivity contribution in [1.29, 1.82) is 0 Å². The van der Waals surface area contributed by atoms with Gasteiger partial charge >= 0.3 is 0 Å². The molecule has 0 saturated carbocycles. The molecule has 1 aliphatic rings. The van der Waals surface area contributed by atoms with Crippen LogP contribution in [0.3, 0.4) is 0 Å². The van der Waals surface area contributed by atoms with E-state index in [1.165, 1.54) is 0 Å². The van der Waals surface area contributed by atoms with Crippen LogP contribution in [0.5, 0.6) is 5.75 Å². The van der Waals surface area contributed by atoms with Gasteiger partial charge in [0.05, 0.1) is 12.0 Å². The Morgan fingerprint density at radius 1 is 1.03 bits per heavy atom. The summed E-state index contributed by atoms with van der Waals surface area (Å²) in [6.07, 6.45) is 3.79. The summed E-state index contributed by atoms with van der Waals surface area (Å²) in [4.78, 5) is 4.61. The first-order chi connectivity index (χ1) is 15.0. The molecule has 1 fully saturated rings. The molecule has 0 atom stereocenters. The van der Waals surface area contributed by atoms with E-state index < -0.39 is 10.0 Å². The molecule has 1 saturated heterocycles. The lowest BCUT2D eigenvalue weighted by Gasteiger charge is -2.25. The summed E-state index contributed by atoms with van der Waals surface area (Å²) >= 11 is 0. The van der Waals surface area contributed by atoms with Crippen LogP contribution in [0.25, 0.3) is 0 Å². The summed E-state index contributed by atoms with van der Waals surface area (Å²) in [6.45, 7) is 2.50. The molecule has 7 nitrogen and oxygen atoms in total. The molecular weight excluding hydrogens is 412 g/mol. The molecule has 0 unspecified atom stereocenters. The summed E-state index contributed by atoms with van der Waals surface area (Å²) in [7, 11) is 0.0130. The SMILES string of the molecule is CN=C(NCCc1ccccc1OC)NCc1ccc(S(=O)(=O)N2CCCCC2)cc1. The number of ether oxygens (including phenoxy) is 1. The van der Waals surface area contributed by atoms with Gasteiger partial charge in [-0.25, -0.2) is 8.42 Å². The number of sulfonamides is 1. The second kappa shape index (κ2) is 11.2. The average Bonchev–Trinajstić information content (AvgIpc) is 2.82. The van der Waals surface area contributed by atoms with Crippen molar-refractivity contribution in [1.82, 2.24) is 14.9 Å². The molecular formula is C23H32N4O3S. The molecule has 2 N–H and O–H groups in total. The van der Waals surface area contributed by atoms with Crippen LogP contribution >= 0.6 is 0 Å². The smallest absolute Gasteiger partial charge is 0.243 e. The average molecular weight is 445 g/mol. The highest BCUT2D eigenvalue weighted by atomic mass is 32.2. The number of para-hydroxylation sites is 1. The van der Waals surface area contributed by atoms with Crippen LogP contribution in [-0.2, 0) is 23.0 Å². The van der Waals surface area contributed by atoms with Gasteiger partial charge in [0.2, 0.25) is 10.0 Å². The normalized spacial score (nSPS) is 15.5. The minimum absolute atomic E-state index is 0.359. The molecule has 2 aromatic rings. The number of nitrogens with zero attached hydrogens (tertiary/aromatic N) is 2. The van der Waals surface area contributed by atoms with Crippen LogP contribution < -0.4 is 15.4 Å². The van der Waals surface area contributed by atoms with Gasteiger partial charge in [-0.05, 0) is 48.6 Å². The van der Waals surface area contributed by atoms with Crippen molar-refractivity contribution < 1.29 is 13.2 Å². The number of piperidine rings is 1. The fourth-order valence-corrected chi connectivity index (χ4v) is 5.18. The molecule has 2 aromatic carbocycles. The number of aliphatic imine (C=N–C) groups is 1. The van der Waals surface area contributed by atoms with Gasteiger partial charge in [0.25, 0.3) is 0 Å². The molecule has 8 heteroatoms. The van der Waals surface area contributed by atoms with E-state index in [2.05, 4.69) is 21.7 Å². The topological polar surface area (TPSA) is 83.0 Å². The fourth-order valence-electron chi connectivity index (χ4n) is 3.67. The van der Waals surface area contributed by atoms with Crippen LogP contribution in [0.15, 0.2) is 58.4 Å². The Bertz CT molecular complexity index is 969. The van der Waals surface area contributed by atoms with Crippen molar-refractivity contribution in [3.63, 3.8) is 0 Å². The van der Waals surface area contributed by atoms with Crippen LogP contribution in [0.2, 0.25) is 0 Å². The molecule has 0 spiro atoms. The standard InChI is InChI=1S/C23H32N4O3S/c1-24-23(25-15-14-20-8-4-5-9-22(20)30-2)26-18-19-10-12-21(13-11-19)31(28,29)27-16-6-3-7-17-27/h4-5,8-13H,3,6-7,14-18H2,1-2H3,(H2,24,25,26). The van der Waals surface area contributed by atoms with E-state index in [1.807, 2.05) is 30.3 Å². The number of guanidine groups is 1. The van der Waals surface area contributed by atoms with E-state index in [1.54, 1.807) is 30.6 Å². The minimum atomic E-state index is -3.39. The summed E-state index contributed by atoms with van der Waals surface area (Å²) < 4.78 is 32.5. The number of rotatable bonds is 8. The van der Waals surface area contributed by atoms with Crippen molar-refractivity contribution in [2.45, 2.75) is 37.1 Å². The third-order valence-corrected chi connectivity index (χ3v) is 7.35. The van der Waals surface area contributed by atoms with E-state index in [4.69, 9.17) is 4.74 Å². The van der Waals surface area contributed by atoms with Crippen molar-refractivity contribution in [2.75, 3.05) is 33.8 Å². The quantitative estimate of drug-likeness (QED) is 0.483. The molecule has 31 heavy (non-hydrogen) atoms. The molecule has 0 aliphatic carbocycles. The maximum Gasteiger partial charge on any atom is 0.243 e. The Labute approximate surface area is 185 Å². The predicted octanol–water partition coefficient (Wildman–Crippen LogP) is 2.78. The lowest BCUT2D eigenvalue weighted by molar-refractivity contribution is 0.346. The van der Waals surface area contributed by atoms with E-state index in [0.29, 0.717) is 37.0 Å². The highest BCUT2D eigenvalue weighted by Crippen LogP contribution is 2.21. The third-order valence-electron chi connectivity index (χ3n) is 5.44. The highest BCUT2D eigenvalue weighted by molar-refractivity contribution is 7.89. The number of methoxy groups -OCH3 is 1. The van der Waals surface area contributed by atoms with E-state index in [0.717, 1.165) is 42.6 Å². The molecule has 0 aromatic heterocycles. The van der Waals surface area contributed by atoms with Crippen LogP contribution in [0.4, 0.5) is 0 Å². The Morgan fingerprint density at radius 2 is 1.74 bits per heavy atom. The number of hydrogen-bond acceptors (Lipinski definition) is 4. The first-order valence-corrected chi connectivity index (χ1v) is 12.1. The second-order valence-electron chi connectivity index (χ2n) is 7.52. The maximum absolute atomic E-state index is 12.8. The summed E-state index contributed by atoms with van der Waals surface area (Å²) in [5.41, 5.74) is 2.13. The highest BCUT2D eigenvalue weighted by Gasteiger charge is 2.25. The zero-order valence-corrected chi connectivity index (χ0v) is 19.1. The third kappa shape index (κ3) is 6.21. The van der Waals surface area contributed by atoms with Crippen LogP contribution in [-0.4, -0.2) is 52.5 Å². The van der Waals surface area contributed by atoms with Crippen molar-refractivity contribution in [3.05, 3.63) is 59.7 Å². The van der Waals surface area contributed by atoms with Gasteiger partial charge in [0.1, 0.15) is 5.75 Å². The number of benzene rings is 2. The van der Waals surface area contributed by atoms with Gasteiger partial charge in [0, 0.05) is 33.2 Å². The molecule has 168 valence electrons. The fraction of sp³-hybridized carbons (Fsp3) is 0.435. The lowest BCUT2D eigenvalue weighted by Crippen LogP contribution is -2.38. The Morgan fingerprint density at radius 3 is 2.42 bits per heavy atom. The Kier molecular flexibility index (Phi) is 8.31. The predicted molar refractivity (Wildman–Crippen MR) is 124 cm³/mol. The Balaban J connectivity index is 1.50. The molecule has 0 bridgehead atoms. The van der Waals surface area contributed by atoms with Crippen LogP contribution in [0.1, 0.15) is 30.4 Å². The van der Waals surface area contributed by atoms with E-state index >= 15 is 0 Å².